The van der Waals surface area contributed by atoms with Crippen LogP contribution in [-0.2, 0) is 19.1 Å². The van der Waals surface area contributed by atoms with Gasteiger partial charge in [0.25, 0.3) is 17.6 Å². The molecule has 0 radical (unpaired) electrons. The zero-order valence-corrected chi connectivity index (χ0v) is 15.7. The maximum atomic E-state index is 12.6. The van der Waals surface area contributed by atoms with E-state index in [4.69, 9.17) is 9.47 Å². The highest BCUT2D eigenvalue weighted by atomic mass is 16.7. The second-order valence-corrected chi connectivity index (χ2v) is 7.49. The predicted molar refractivity (Wildman–Crippen MR) is 95.5 cm³/mol. The molecule has 27 heavy (non-hydrogen) atoms. The minimum Gasteiger partial charge on any atom is -0.419 e. The van der Waals surface area contributed by atoms with E-state index in [1.807, 2.05) is 13.8 Å². The first-order valence-electron chi connectivity index (χ1n) is 8.77. The smallest absolute Gasteiger partial charge is 0.348 e. The van der Waals surface area contributed by atoms with E-state index in [1.54, 1.807) is 6.07 Å². The number of benzene rings is 1. The molecule has 0 atom stereocenters. The summed E-state index contributed by atoms with van der Waals surface area (Å²) < 4.78 is 10.1. The Kier molecular flexibility index (Phi) is 4.63. The van der Waals surface area contributed by atoms with Gasteiger partial charge in [0.05, 0.1) is 11.1 Å². The Morgan fingerprint density at radius 3 is 2.19 bits per heavy atom. The standard InChI is InChI=1S/C20H21NO6/c1-11(2)7-8-21-16(22)13-6-5-12(9-14(13)17(21)23)10-15-18(24)26-20(3,4)27-19(15)25/h5-6,9-11H,7-8H2,1-4H3. The van der Waals surface area contributed by atoms with Crippen LogP contribution in [0.1, 0.15) is 60.4 Å². The molecular formula is C20H21NO6. The third kappa shape index (κ3) is 3.63. The van der Waals surface area contributed by atoms with Gasteiger partial charge in [-0.1, -0.05) is 19.9 Å². The molecule has 1 fully saturated rings. The summed E-state index contributed by atoms with van der Waals surface area (Å²) in [5, 5.41) is 0. The Morgan fingerprint density at radius 2 is 1.59 bits per heavy atom. The van der Waals surface area contributed by atoms with E-state index in [0.717, 1.165) is 6.42 Å². The zero-order chi connectivity index (χ0) is 19.9. The maximum absolute atomic E-state index is 12.6. The van der Waals surface area contributed by atoms with E-state index in [1.165, 1.54) is 37.0 Å². The Bertz CT molecular complexity index is 858. The fourth-order valence-corrected chi connectivity index (χ4v) is 2.93. The Hall–Kier alpha value is -2.96. The SMILES string of the molecule is CC(C)CCN1C(=O)c2ccc(C=C3C(=O)OC(C)(C)OC3=O)cc2C1=O. The lowest BCUT2D eigenvalue weighted by Gasteiger charge is -2.29. The van der Waals surface area contributed by atoms with Crippen molar-refractivity contribution in [3.8, 4) is 0 Å². The highest BCUT2D eigenvalue weighted by Crippen LogP contribution is 2.28. The minimum absolute atomic E-state index is 0.260. The number of cyclic esters (lactones) is 2. The summed E-state index contributed by atoms with van der Waals surface area (Å²) in [6, 6.07) is 4.60. The van der Waals surface area contributed by atoms with Crippen LogP contribution in [-0.4, -0.2) is 41.0 Å². The molecule has 0 saturated carbocycles. The molecule has 0 unspecified atom stereocenters. The van der Waals surface area contributed by atoms with E-state index < -0.39 is 17.7 Å². The summed E-state index contributed by atoms with van der Waals surface area (Å²) in [6.07, 6.45) is 2.02. The fraction of sp³-hybridized carbons (Fsp3) is 0.400. The Labute approximate surface area is 156 Å². The first-order chi connectivity index (χ1) is 12.6. The summed E-state index contributed by atoms with van der Waals surface area (Å²) in [4.78, 5) is 50.4. The average molecular weight is 371 g/mol. The molecule has 2 amide bonds. The number of ether oxygens (including phenoxy) is 2. The van der Waals surface area contributed by atoms with Crippen molar-refractivity contribution in [2.24, 2.45) is 5.92 Å². The summed E-state index contributed by atoms with van der Waals surface area (Å²) in [7, 11) is 0. The largest absolute Gasteiger partial charge is 0.419 e. The van der Waals surface area contributed by atoms with Crippen molar-refractivity contribution in [3.05, 3.63) is 40.5 Å². The lowest BCUT2D eigenvalue weighted by Crippen LogP contribution is -2.41. The van der Waals surface area contributed by atoms with Gasteiger partial charge in [-0.15, -0.1) is 0 Å². The number of carbonyl (C=O) groups is 4. The van der Waals surface area contributed by atoms with Crippen LogP contribution in [0.2, 0.25) is 0 Å². The van der Waals surface area contributed by atoms with Gasteiger partial charge >= 0.3 is 11.9 Å². The van der Waals surface area contributed by atoms with Gasteiger partial charge in [0.2, 0.25) is 0 Å². The average Bonchev–Trinajstić information content (AvgIpc) is 2.79. The molecule has 3 rings (SSSR count). The molecule has 142 valence electrons. The maximum Gasteiger partial charge on any atom is 0.348 e. The van der Waals surface area contributed by atoms with Crippen LogP contribution in [0.4, 0.5) is 0 Å². The lowest BCUT2D eigenvalue weighted by molar-refractivity contribution is -0.222. The summed E-state index contributed by atoms with van der Waals surface area (Å²) in [6.45, 7) is 7.32. The van der Waals surface area contributed by atoms with Gasteiger partial charge in [0, 0.05) is 20.4 Å². The van der Waals surface area contributed by atoms with Crippen molar-refractivity contribution in [1.82, 2.24) is 4.90 Å². The van der Waals surface area contributed by atoms with Crippen molar-refractivity contribution >= 4 is 29.8 Å². The molecule has 2 aliphatic heterocycles. The quantitative estimate of drug-likeness (QED) is 0.350. The number of esters is 2. The molecule has 0 bridgehead atoms. The first kappa shape index (κ1) is 18.8. The van der Waals surface area contributed by atoms with Gasteiger partial charge in [-0.25, -0.2) is 9.59 Å². The van der Waals surface area contributed by atoms with E-state index in [2.05, 4.69) is 0 Å². The number of carbonyl (C=O) groups excluding carboxylic acids is 4. The van der Waals surface area contributed by atoms with E-state index in [-0.39, 0.29) is 23.0 Å². The molecule has 7 heteroatoms. The van der Waals surface area contributed by atoms with E-state index in [0.29, 0.717) is 23.6 Å². The molecule has 1 aromatic rings. The monoisotopic (exact) mass is 371 g/mol. The molecule has 2 aliphatic rings. The van der Waals surface area contributed by atoms with Crippen LogP contribution in [0.25, 0.3) is 6.08 Å². The van der Waals surface area contributed by atoms with Crippen molar-refractivity contribution in [3.63, 3.8) is 0 Å². The second-order valence-electron chi connectivity index (χ2n) is 7.49. The topological polar surface area (TPSA) is 90.0 Å². The minimum atomic E-state index is -1.32. The summed E-state index contributed by atoms with van der Waals surface area (Å²) >= 11 is 0. The molecule has 0 aromatic heterocycles. The van der Waals surface area contributed by atoms with Gasteiger partial charge in [-0.3, -0.25) is 14.5 Å². The fourth-order valence-electron chi connectivity index (χ4n) is 2.93. The number of hydrogen-bond acceptors (Lipinski definition) is 6. The van der Waals surface area contributed by atoms with Crippen LogP contribution in [0.15, 0.2) is 23.8 Å². The van der Waals surface area contributed by atoms with Gasteiger partial charge in [-0.2, -0.15) is 0 Å². The van der Waals surface area contributed by atoms with Crippen LogP contribution in [0, 0.1) is 5.92 Å². The number of imide groups is 1. The van der Waals surface area contributed by atoms with Gasteiger partial charge in [0.1, 0.15) is 5.57 Å². The molecule has 1 aromatic carbocycles. The number of nitrogens with zero attached hydrogens (tertiary/aromatic N) is 1. The normalized spacial score (nSPS) is 18.6. The Morgan fingerprint density at radius 1 is 1.00 bits per heavy atom. The van der Waals surface area contributed by atoms with Crippen molar-refractivity contribution in [2.75, 3.05) is 6.54 Å². The van der Waals surface area contributed by atoms with Gasteiger partial charge < -0.3 is 9.47 Å². The summed E-state index contributed by atoms with van der Waals surface area (Å²) in [5.41, 5.74) is 0.753. The molecule has 1 saturated heterocycles. The zero-order valence-electron chi connectivity index (χ0n) is 15.7. The molecule has 0 N–H and O–H groups in total. The summed E-state index contributed by atoms with van der Waals surface area (Å²) in [5.74, 6) is -3.24. The number of hydrogen-bond donors (Lipinski definition) is 0. The Balaban J connectivity index is 1.88. The number of amides is 2. The molecule has 0 aliphatic carbocycles. The van der Waals surface area contributed by atoms with Crippen LogP contribution >= 0.6 is 0 Å². The van der Waals surface area contributed by atoms with Crippen molar-refractivity contribution in [1.29, 1.82) is 0 Å². The van der Waals surface area contributed by atoms with E-state index in [9.17, 15) is 19.2 Å². The first-order valence-corrected chi connectivity index (χ1v) is 8.77. The molecule has 0 spiro atoms. The molecule has 2 heterocycles. The predicted octanol–water partition coefficient (Wildman–Crippen LogP) is 2.55. The van der Waals surface area contributed by atoms with Crippen LogP contribution in [0.3, 0.4) is 0 Å². The lowest BCUT2D eigenvalue weighted by atomic mass is 10.0. The number of fused-ring (bicyclic) bond motifs is 1. The van der Waals surface area contributed by atoms with Crippen LogP contribution in [0.5, 0.6) is 0 Å². The van der Waals surface area contributed by atoms with Crippen molar-refractivity contribution in [2.45, 2.75) is 39.9 Å². The van der Waals surface area contributed by atoms with Crippen LogP contribution < -0.4 is 0 Å². The van der Waals surface area contributed by atoms with Gasteiger partial charge in [-0.05, 0) is 36.1 Å². The highest BCUT2D eigenvalue weighted by Gasteiger charge is 2.39. The number of rotatable bonds is 4. The molecule has 7 nitrogen and oxygen atoms in total. The second kappa shape index (κ2) is 6.64. The third-order valence-electron chi connectivity index (χ3n) is 4.35. The highest BCUT2D eigenvalue weighted by molar-refractivity contribution is 6.22. The van der Waals surface area contributed by atoms with Crippen molar-refractivity contribution < 1.29 is 28.7 Å². The van der Waals surface area contributed by atoms with Gasteiger partial charge in [0.15, 0.2) is 0 Å². The molecular weight excluding hydrogens is 350 g/mol. The third-order valence-corrected chi connectivity index (χ3v) is 4.35. The van der Waals surface area contributed by atoms with E-state index >= 15 is 0 Å².